The van der Waals surface area contributed by atoms with Gasteiger partial charge in [-0.2, -0.15) is 5.10 Å². The predicted molar refractivity (Wildman–Crippen MR) is 102 cm³/mol. The zero-order chi connectivity index (χ0) is 20.1. The third kappa shape index (κ3) is 5.06. The van der Waals surface area contributed by atoms with Crippen molar-refractivity contribution < 1.29 is 24.1 Å². The van der Waals surface area contributed by atoms with E-state index < -0.39 is 12.1 Å². The van der Waals surface area contributed by atoms with E-state index in [0.717, 1.165) is 11.3 Å². The second kappa shape index (κ2) is 9.30. The van der Waals surface area contributed by atoms with Crippen LogP contribution < -0.4 is 9.47 Å². The molecule has 2 aromatic rings. The van der Waals surface area contributed by atoms with Crippen molar-refractivity contribution in [1.29, 1.82) is 0 Å². The Bertz CT molecular complexity index is 823. The van der Waals surface area contributed by atoms with E-state index in [9.17, 15) is 4.79 Å². The molecule has 0 aliphatic rings. The minimum absolute atomic E-state index is 0.0683. The number of aliphatic hydroxyl groups excluding tert-OH is 1. The summed E-state index contributed by atoms with van der Waals surface area (Å²) in [4.78, 5) is 11.6. The van der Waals surface area contributed by atoms with Gasteiger partial charge in [0.25, 0.3) is 0 Å². The monoisotopic (exact) mass is 416 g/mol. The summed E-state index contributed by atoms with van der Waals surface area (Å²) in [6.45, 7) is 3.49. The van der Waals surface area contributed by atoms with E-state index >= 15 is 0 Å². The Balaban J connectivity index is 2.34. The summed E-state index contributed by atoms with van der Waals surface area (Å²) in [6, 6.07) is 3.00. The van der Waals surface area contributed by atoms with E-state index in [-0.39, 0.29) is 22.4 Å². The summed E-state index contributed by atoms with van der Waals surface area (Å²) in [5.74, 6) is 0.528. The number of aliphatic hydroxyl groups is 1. The van der Waals surface area contributed by atoms with Crippen LogP contribution in [0, 0.1) is 6.92 Å². The van der Waals surface area contributed by atoms with Gasteiger partial charge in [-0.25, -0.2) is 9.48 Å². The van der Waals surface area contributed by atoms with Gasteiger partial charge in [0.1, 0.15) is 5.75 Å². The Morgan fingerprint density at radius 2 is 1.96 bits per heavy atom. The average molecular weight is 417 g/mol. The molecule has 0 aliphatic carbocycles. The molecule has 0 unspecified atom stereocenters. The highest BCUT2D eigenvalue weighted by Crippen LogP contribution is 2.39. The molecule has 1 heterocycles. The van der Waals surface area contributed by atoms with Crippen molar-refractivity contribution >= 4 is 29.2 Å². The Morgan fingerprint density at radius 3 is 2.59 bits per heavy atom. The molecular weight excluding hydrogens is 395 g/mol. The van der Waals surface area contributed by atoms with Crippen molar-refractivity contribution in [1.82, 2.24) is 9.78 Å². The number of nitrogens with zero attached hydrogens (tertiary/aromatic N) is 2. The summed E-state index contributed by atoms with van der Waals surface area (Å²) in [5.41, 5.74) is 1.68. The van der Waals surface area contributed by atoms with Gasteiger partial charge in [0.15, 0.2) is 11.9 Å². The van der Waals surface area contributed by atoms with Crippen LogP contribution in [0.15, 0.2) is 12.1 Å². The lowest BCUT2D eigenvalue weighted by Crippen LogP contribution is -2.25. The van der Waals surface area contributed by atoms with Crippen LogP contribution in [-0.4, -0.2) is 40.7 Å². The lowest BCUT2D eigenvalue weighted by molar-refractivity contribution is -0.147. The maximum Gasteiger partial charge on any atom is 0.346 e. The van der Waals surface area contributed by atoms with E-state index in [1.54, 1.807) is 18.7 Å². The van der Waals surface area contributed by atoms with Crippen LogP contribution in [0.1, 0.15) is 24.6 Å². The van der Waals surface area contributed by atoms with Gasteiger partial charge in [0.05, 0.1) is 22.8 Å². The Labute approximate surface area is 167 Å². The van der Waals surface area contributed by atoms with Crippen molar-refractivity contribution in [2.75, 3.05) is 13.7 Å². The molecule has 0 fully saturated rings. The molecule has 9 heteroatoms. The third-order valence-electron chi connectivity index (χ3n) is 3.90. The third-order valence-corrected chi connectivity index (χ3v) is 4.49. The molecule has 0 radical (unpaired) electrons. The molecule has 0 saturated carbocycles. The van der Waals surface area contributed by atoms with Crippen LogP contribution in [0.25, 0.3) is 0 Å². The largest absolute Gasteiger partial charge is 0.477 e. The second-order valence-corrected chi connectivity index (χ2v) is 6.73. The number of rotatable bonds is 8. The number of hydrogen-bond donors (Lipinski definition) is 1. The standard InChI is InChI=1S/C18H22Cl2N2O5/c1-10-12(6-5-7-23)17(22(3)21-10)27-16-9-15(13(19)8-14(16)20)26-11(2)18(24)25-4/h8-9,11,23H,5-7H2,1-4H3/t11-/m0/s1. The molecule has 148 valence electrons. The fourth-order valence-corrected chi connectivity index (χ4v) is 3.01. The molecule has 1 aromatic heterocycles. The van der Waals surface area contributed by atoms with Crippen LogP contribution in [0.4, 0.5) is 0 Å². The summed E-state index contributed by atoms with van der Waals surface area (Å²) in [7, 11) is 3.03. The van der Waals surface area contributed by atoms with Gasteiger partial charge in [-0.3, -0.25) is 0 Å². The van der Waals surface area contributed by atoms with Gasteiger partial charge in [-0.1, -0.05) is 23.2 Å². The number of benzene rings is 1. The Morgan fingerprint density at radius 1 is 1.30 bits per heavy atom. The SMILES string of the molecule is COC(=O)[C@H](C)Oc1cc(Oc2c(CCCO)c(C)nn2C)c(Cl)cc1Cl. The number of carbonyl (C=O) groups excluding carboxylic acids is 1. The van der Waals surface area contributed by atoms with Gasteiger partial charge < -0.3 is 19.3 Å². The van der Waals surface area contributed by atoms with E-state index in [2.05, 4.69) is 9.84 Å². The molecule has 27 heavy (non-hydrogen) atoms. The Hall–Kier alpha value is -1.96. The molecule has 0 amide bonds. The van der Waals surface area contributed by atoms with Gasteiger partial charge in [0, 0.05) is 25.3 Å². The fourth-order valence-electron chi connectivity index (χ4n) is 2.54. The average Bonchev–Trinajstić information content (AvgIpc) is 2.89. The fraction of sp³-hybridized carbons (Fsp3) is 0.444. The van der Waals surface area contributed by atoms with Crippen LogP contribution in [0.5, 0.6) is 17.4 Å². The highest BCUT2D eigenvalue weighted by Gasteiger charge is 2.21. The van der Waals surface area contributed by atoms with E-state index in [1.807, 2.05) is 6.92 Å². The lowest BCUT2D eigenvalue weighted by atomic mass is 10.1. The number of carbonyl (C=O) groups is 1. The summed E-state index contributed by atoms with van der Waals surface area (Å²) < 4.78 is 17.8. The number of halogens is 2. The molecule has 1 aromatic carbocycles. The number of aromatic nitrogens is 2. The van der Waals surface area contributed by atoms with Gasteiger partial charge >= 0.3 is 5.97 Å². The molecule has 2 rings (SSSR count). The van der Waals surface area contributed by atoms with Crippen LogP contribution in [0.2, 0.25) is 10.0 Å². The second-order valence-electron chi connectivity index (χ2n) is 5.92. The van der Waals surface area contributed by atoms with Crippen molar-refractivity contribution in [3.05, 3.63) is 33.4 Å². The number of hydrogen-bond acceptors (Lipinski definition) is 6. The first-order valence-corrected chi connectivity index (χ1v) is 9.08. The minimum atomic E-state index is -0.847. The highest BCUT2D eigenvalue weighted by atomic mass is 35.5. The first-order chi connectivity index (χ1) is 12.8. The molecule has 1 atom stereocenters. The van der Waals surface area contributed by atoms with Crippen LogP contribution in [0.3, 0.4) is 0 Å². The van der Waals surface area contributed by atoms with E-state index in [0.29, 0.717) is 24.5 Å². The van der Waals surface area contributed by atoms with Crippen molar-refractivity contribution in [2.24, 2.45) is 7.05 Å². The predicted octanol–water partition coefficient (Wildman–Crippen LogP) is 3.69. The molecule has 0 spiro atoms. The minimum Gasteiger partial charge on any atom is -0.477 e. The highest BCUT2D eigenvalue weighted by molar-refractivity contribution is 6.36. The lowest BCUT2D eigenvalue weighted by Gasteiger charge is -2.16. The smallest absolute Gasteiger partial charge is 0.346 e. The van der Waals surface area contributed by atoms with Crippen molar-refractivity contribution in [2.45, 2.75) is 32.8 Å². The van der Waals surface area contributed by atoms with Crippen molar-refractivity contribution in [3.8, 4) is 17.4 Å². The molecule has 1 N–H and O–H groups in total. The first kappa shape index (κ1) is 21.3. The summed E-state index contributed by atoms with van der Waals surface area (Å²) in [6.07, 6.45) is 0.349. The van der Waals surface area contributed by atoms with Gasteiger partial charge in [-0.05, 0) is 32.8 Å². The maximum absolute atomic E-state index is 11.6. The molecular formula is C18H22Cl2N2O5. The quantitative estimate of drug-likeness (QED) is 0.660. The number of esters is 1. The van der Waals surface area contributed by atoms with Crippen LogP contribution in [-0.2, 0) is 23.0 Å². The van der Waals surface area contributed by atoms with Gasteiger partial charge in [0.2, 0.25) is 5.88 Å². The first-order valence-electron chi connectivity index (χ1n) is 8.33. The zero-order valence-electron chi connectivity index (χ0n) is 15.6. The topological polar surface area (TPSA) is 82.8 Å². The number of ether oxygens (including phenoxy) is 3. The molecule has 0 bridgehead atoms. The molecule has 0 aliphatic heterocycles. The van der Waals surface area contributed by atoms with Crippen molar-refractivity contribution in [3.63, 3.8) is 0 Å². The zero-order valence-corrected chi connectivity index (χ0v) is 17.1. The maximum atomic E-state index is 11.6. The molecule has 7 nitrogen and oxygen atoms in total. The van der Waals surface area contributed by atoms with E-state index in [4.69, 9.17) is 37.8 Å². The normalized spacial score (nSPS) is 12.0. The molecule has 0 saturated heterocycles. The Kier molecular flexibility index (Phi) is 7.35. The van der Waals surface area contributed by atoms with Gasteiger partial charge in [-0.15, -0.1) is 0 Å². The summed E-state index contributed by atoms with van der Waals surface area (Å²) in [5, 5.41) is 14.0. The number of methoxy groups -OCH3 is 1. The van der Waals surface area contributed by atoms with Crippen LogP contribution >= 0.6 is 23.2 Å². The summed E-state index contributed by atoms with van der Waals surface area (Å²) >= 11 is 12.4. The van der Waals surface area contributed by atoms with E-state index in [1.165, 1.54) is 19.2 Å². The number of aryl methyl sites for hydroxylation is 2.